The molecular formula is C14H15F4NO. The number of hydrogen-bond donors (Lipinski definition) is 0. The fourth-order valence-corrected chi connectivity index (χ4v) is 5.08. The van der Waals surface area contributed by atoms with Crippen LogP contribution in [0.2, 0.25) is 0 Å². The molecule has 0 spiro atoms. The van der Waals surface area contributed by atoms with Crippen molar-refractivity contribution in [3.63, 3.8) is 0 Å². The van der Waals surface area contributed by atoms with E-state index in [-0.39, 0.29) is 5.89 Å². The van der Waals surface area contributed by atoms with Crippen molar-refractivity contribution >= 4 is 0 Å². The van der Waals surface area contributed by atoms with E-state index in [1.54, 1.807) is 0 Å². The van der Waals surface area contributed by atoms with Crippen molar-refractivity contribution in [2.24, 2.45) is 17.8 Å². The molecule has 1 aromatic rings. The first kappa shape index (κ1) is 12.7. The van der Waals surface area contributed by atoms with Gasteiger partial charge in [0.2, 0.25) is 11.6 Å². The van der Waals surface area contributed by atoms with Crippen LogP contribution in [0.25, 0.3) is 0 Å². The summed E-state index contributed by atoms with van der Waals surface area (Å²) in [5, 5.41) is 0. The first-order chi connectivity index (χ1) is 9.36. The van der Waals surface area contributed by atoms with Crippen LogP contribution in [0.1, 0.15) is 50.1 Å². The van der Waals surface area contributed by atoms with Crippen molar-refractivity contribution in [1.82, 2.24) is 4.98 Å². The van der Waals surface area contributed by atoms with Crippen molar-refractivity contribution in [1.29, 1.82) is 0 Å². The Labute approximate surface area is 113 Å². The molecule has 4 bridgehead atoms. The highest BCUT2D eigenvalue weighted by molar-refractivity contribution is 5.18. The van der Waals surface area contributed by atoms with Gasteiger partial charge in [-0.25, -0.2) is 4.98 Å². The topological polar surface area (TPSA) is 26.0 Å². The molecule has 4 aliphatic carbocycles. The predicted molar refractivity (Wildman–Crippen MR) is 61.3 cm³/mol. The van der Waals surface area contributed by atoms with E-state index >= 15 is 0 Å². The maximum atomic E-state index is 13.4. The molecular weight excluding hydrogens is 274 g/mol. The molecule has 110 valence electrons. The molecule has 20 heavy (non-hydrogen) atoms. The molecule has 0 aliphatic heterocycles. The molecule has 2 nitrogen and oxygen atoms in total. The fraction of sp³-hybridized carbons (Fsp3) is 0.786. The van der Waals surface area contributed by atoms with Crippen LogP contribution >= 0.6 is 0 Å². The van der Waals surface area contributed by atoms with E-state index < -0.39 is 23.3 Å². The van der Waals surface area contributed by atoms with Gasteiger partial charge in [-0.05, 0) is 56.3 Å². The molecule has 0 N–H and O–H groups in total. The average Bonchev–Trinajstić information content (AvgIpc) is 2.69. The van der Waals surface area contributed by atoms with Crippen molar-refractivity contribution in [3.05, 3.63) is 17.6 Å². The van der Waals surface area contributed by atoms with Gasteiger partial charge < -0.3 is 4.42 Å². The lowest BCUT2D eigenvalue weighted by atomic mass is 9.49. The Balaban J connectivity index is 1.74. The second-order valence-electron chi connectivity index (χ2n) is 6.84. The number of nitrogens with zero attached hydrogens (tertiary/aromatic N) is 1. The normalized spacial score (nSPS) is 39.5. The van der Waals surface area contributed by atoms with Crippen LogP contribution < -0.4 is 0 Å². The molecule has 4 fully saturated rings. The molecule has 4 saturated carbocycles. The van der Waals surface area contributed by atoms with E-state index in [9.17, 15) is 17.6 Å². The number of oxazole rings is 1. The quantitative estimate of drug-likeness (QED) is 0.720. The highest BCUT2D eigenvalue weighted by atomic mass is 19.4. The molecule has 0 saturated heterocycles. The van der Waals surface area contributed by atoms with Gasteiger partial charge >= 0.3 is 12.2 Å². The molecule has 5 rings (SSSR count). The third-order valence-corrected chi connectivity index (χ3v) is 5.35. The monoisotopic (exact) mass is 289 g/mol. The number of aromatic nitrogens is 1. The summed E-state index contributed by atoms with van der Waals surface area (Å²) in [5.41, 5.74) is -1.94. The highest BCUT2D eigenvalue weighted by Crippen LogP contribution is 2.60. The average molecular weight is 289 g/mol. The molecule has 0 radical (unpaired) electrons. The number of rotatable bonds is 1. The smallest absolute Gasteiger partial charge is 0.414 e. The van der Waals surface area contributed by atoms with Gasteiger partial charge in [0.15, 0.2) is 0 Å². The van der Waals surface area contributed by atoms with Gasteiger partial charge in [-0.3, -0.25) is 0 Å². The molecule has 4 aliphatic rings. The minimum Gasteiger partial charge on any atom is -0.414 e. The van der Waals surface area contributed by atoms with Crippen LogP contribution in [-0.2, 0) is 11.6 Å². The van der Waals surface area contributed by atoms with Crippen molar-refractivity contribution < 1.29 is 22.0 Å². The molecule has 0 aromatic carbocycles. The Bertz CT molecular complexity index is 513. The third-order valence-electron chi connectivity index (χ3n) is 5.35. The zero-order valence-electron chi connectivity index (χ0n) is 10.8. The summed E-state index contributed by atoms with van der Waals surface area (Å²) in [6, 6.07) is -1.58. The van der Waals surface area contributed by atoms with Gasteiger partial charge in [-0.15, -0.1) is 0 Å². The Morgan fingerprint density at radius 2 is 1.50 bits per heavy atom. The molecule has 0 unspecified atom stereocenters. The number of halogens is 4. The molecule has 0 atom stereocenters. The van der Waals surface area contributed by atoms with Crippen LogP contribution in [0.4, 0.5) is 17.6 Å². The van der Waals surface area contributed by atoms with Crippen LogP contribution in [0.15, 0.2) is 4.42 Å². The van der Waals surface area contributed by atoms with Gasteiger partial charge in [0.1, 0.15) is 0 Å². The van der Waals surface area contributed by atoms with E-state index in [1.807, 2.05) is 0 Å². The van der Waals surface area contributed by atoms with E-state index in [4.69, 9.17) is 4.42 Å². The second-order valence-corrected chi connectivity index (χ2v) is 6.84. The van der Waals surface area contributed by atoms with Crippen LogP contribution in [-0.4, -0.2) is 4.98 Å². The van der Waals surface area contributed by atoms with Crippen LogP contribution in [0, 0.1) is 23.8 Å². The van der Waals surface area contributed by atoms with E-state index in [0.717, 1.165) is 38.5 Å². The first-order valence-corrected chi connectivity index (χ1v) is 7.10. The van der Waals surface area contributed by atoms with Crippen LogP contribution in [0.3, 0.4) is 0 Å². The molecule has 1 heterocycles. The van der Waals surface area contributed by atoms with Gasteiger partial charge in [0, 0.05) is 5.41 Å². The summed E-state index contributed by atoms with van der Waals surface area (Å²) in [6.45, 7) is 0. The lowest BCUT2D eigenvalue weighted by Crippen LogP contribution is -2.48. The van der Waals surface area contributed by atoms with E-state index in [1.165, 1.54) is 0 Å². The largest absolute Gasteiger partial charge is 0.439 e. The third kappa shape index (κ3) is 1.72. The molecule has 0 amide bonds. The van der Waals surface area contributed by atoms with Gasteiger partial charge in [0.25, 0.3) is 0 Å². The Hall–Kier alpha value is -1.07. The first-order valence-electron chi connectivity index (χ1n) is 7.10. The zero-order chi connectivity index (χ0) is 14.1. The minimum absolute atomic E-state index is 0.0126. The molecule has 1 aromatic heterocycles. The number of alkyl halides is 3. The second kappa shape index (κ2) is 3.77. The van der Waals surface area contributed by atoms with Gasteiger partial charge in [-0.2, -0.15) is 17.6 Å². The maximum Gasteiger partial charge on any atom is 0.439 e. The van der Waals surface area contributed by atoms with Crippen molar-refractivity contribution in [2.45, 2.75) is 50.1 Å². The molecule has 6 heteroatoms. The summed E-state index contributed by atoms with van der Waals surface area (Å²) < 4.78 is 56.3. The van der Waals surface area contributed by atoms with Crippen molar-refractivity contribution in [2.75, 3.05) is 0 Å². The number of hydrogen-bond acceptors (Lipinski definition) is 2. The zero-order valence-corrected chi connectivity index (χ0v) is 10.8. The summed E-state index contributed by atoms with van der Waals surface area (Å²) in [4.78, 5) is 3.50. The lowest BCUT2D eigenvalue weighted by molar-refractivity contribution is -0.144. The van der Waals surface area contributed by atoms with E-state index in [2.05, 4.69) is 4.98 Å². The van der Waals surface area contributed by atoms with Gasteiger partial charge in [-0.1, -0.05) is 0 Å². The Morgan fingerprint density at radius 3 is 1.90 bits per heavy atom. The maximum absolute atomic E-state index is 13.4. The van der Waals surface area contributed by atoms with Crippen molar-refractivity contribution in [3.8, 4) is 0 Å². The minimum atomic E-state index is -4.78. The summed E-state index contributed by atoms with van der Waals surface area (Å²) in [6.07, 6.45) is 1.11. The SMILES string of the molecule is Fc1oc(C23CC4CC(CC(C4)C2)C3)nc1C(F)(F)F. The van der Waals surface area contributed by atoms with Crippen LogP contribution in [0.5, 0.6) is 0 Å². The summed E-state index contributed by atoms with van der Waals surface area (Å²) in [5.74, 6) is 1.63. The standard InChI is InChI=1S/C14H15F4NO/c15-11-10(14(16,17)18)19-12(20-11)13-4-7-1-8(5-13)3-9(2-7)6-13/h7-9H,1-6H2. The highest BCUT2D eigenvalue weighted by Gasteiger charge is 2.55. The summed E-state index contributed by atoms with van der Waals surface area (Å²) >= 11 is 0. The lowest BCUT2D eigenvalue weighted by Gasteiger charge is -2.55. The Kier molecular flexibility index (Phi) is 2.38. The predicted octanol–water partition coefficient (Wildman–Crippen LogP) is 4.30. The van der Waals surface area contributed by atoms with E-state index in [0.29, 0.717) is 17.8 Å². The Morgan fingerprint density at radius 1 is 1.00 bits per heavy atom. The summed E-state index contributed by atoms with van der Waals surface area (Å²) in [7, 11) is 0. The fourth-order valence-electron chi connectivity index (χ4n) is 5.08. The van der Waals surface area contributed by atoms with Gasteiger partial charge in [0.05, 0.1) is 0 Å².